The minimum Gasteiger partial charge on any atom is -0.434 e. The molecule has 0 bridgehead atoms. The van der Waals surface area contributed by atoms with Gasteiger partial charge in [0.25, 0.3) is 0 Å². The summed E-state index contributed by atoms with van der Waals surface area (Å²) in [4.78, 5) is 12.2. The second kappa shape index (κ2) is 7.32. The Morgan fingerprint density at radius 3 is 2.30 bits per heavy atom. The van der Waals surface area contributed by atoms with E-state index in [9.17, 15) is 13.2 Å². The number of nitrogens with one attached hydrogen (secondary N) is 1. The smallest absolute Gasteiger partial charge is 0.340 e. The van der Waals surface area contributed by atoms with Gasteiger partial charge in [-0.3, -0.25) is 0 Å². The molecule has 0 amide bonds. The Morgan fingerprint density at radius 1 is 0.926 bits per heavy atom. The number of fused-ring (bicyclic) bond motifs is 1. The summed E-state index contributed by atoms with van der Waals surface area (Å²) in [6.45, 7) is 1.16. The average molecular weight is 386 g/mol. The van der Waals surface area contributed by atoms with Crippen LogP contribution in [-0.2, 0) is 14.8 Å². The standard InChI is InChI=1S/C20H22N2O4S/c23-20-18-8-4-3-7-17(18)19(26-20)21-15-9-11-16(12-10-15)27(24,25)22-13-5-1-2-6-14-22/h3-4,7-12,19,21H,1-2,5-6,13-14H2. The van der Waals surface area contributed by atoms with E-state index >= 15 is 0 Å². The van der Waals surface area contributed by atoms with Gasteiger partial charge in [0.05, 0.1) is 10.5 Å². The highest BCUT2D eigenvalue weighted by molar-refractivity contribution is 7.89. The minimum atomic E-state index is -3.47. The van der Waals surface area contributed by atoms with E-state index in [-0.39, 0.29) is 5.97 Å². The Bertz CT molecular complexity index is 933. The lowest BCUT2D eigenvalue weighted by Gasteiger charge is -2.20. The van der Waals surface area contributed by atoms with Gasteiger partial charge in [0.1, 0.15) is 0 Å². The summed E-state index contributed by atoms with van der Waals surface area (Å²) in [5.74, 6) is -0.358. The first-order chi connectivity index (χ1) is 13.1. The molecule has 27 heavy (non-hydrogen) atoms. The second-order valence-electron chi connectivity index (χ2n) is 6.86. The molecule has 2 aromatic rings. The van der Waals surface area contributed by atoms with Gasteiger partial charge < -0.3 is 10.1 Å². The quantitative estimate of drug-likeness (QED) is 0.814. The number of hydrogen-bond donors (Lipinski definition) is 1. The summed E-state index contributed by atoms with van der Waals surface area (Å²) in [7, 11) is -3.47. The first-order valence-electron chi connectivity index (χ1n) is 9.22. The van der Waals surface area contributed by atoms with Gasteiger partial charge in [0.15, 0.2) is 0 Å². The molecule has 142 valence electrons. The van der Waals surface area contributed by atoms with Crippen molar-refractivity contribution < 1.29 is 17.9 Å². The van der Waals surface area contributed by atoms with Crippen LogP contribution in [-0.4, -0.2) is 31.8 Å². The fraction of sp³-hybridized carbons (Fsp3) is 0.350. The van der Waals surface area contributed by atoms with Crippen LogP contribution in [0.2, 0.25) is 0 Å². The number of benzene rings is 2. The fourth-order valence-electron chi connectivity index (χ4n) is 3.56. The summed E-state index contributed by atoms with van der Waals surface area (Å²) < 4.78 is 32.6. The number of hydrogen-bond acceptors (Lipinski definition) is 5. The predicted octanol–water partition coefficient (Wildman–Crippen LogP) is 3.53. The predicted molar refractivity (Wildman–Crippen MR) is 102 cm³/mol. The SMILES string of the molecule is O=C1OC(Nc2ccc(S(=O)(=O)N3CCCCCC3)cc2)c2ccccc21. The number of nitrogens with zero attached hydrogens (tertiary/aromatic N) is 1. The van der Waals surface area contributed by atoms with Crippen molar-refractivity contribution in [2.45, 2.75) is 36.8 Å². The molecule has 6 nitrogen and oxygen atoms in total. The van der Waals surface area contributed by atoms with Gasteiger partial charge in [-0.2, -0.15) is 4.31 Å². The van der Waals surface area contributed by atoms with Crippen molar-refractivity contribution in [1.82, 2.24) is 4.31 Å². The number of rotatable bonds is 4. The average Bonchev–Trinajstić information content (AvgIpc) is 2.86. The lowest BCUT2D eigenvalue weighted by atomic mass is 10.1. The van der Waals surface area contributed by atoms with Gasteiger partial charge in [0.2, 0.25) is 16.3 Å². The summed E-state index contributed by atoms with van der Waals surface area (Å²) in [5.41, 5.74) is 2.03. The molecule has 0 saturated carbocycles. The third kappa shape index (κ3) is 3.57. The molecular formula is C20H22N2O4S. The first kappa shape index (κ1) is 18.0. The molecule has 7 heteroatoms. The monoisotopic (exact) mass is 386 g/mol. The van der Waals surface area contributed by atoms with E-state index in [1.54, 1.807) is 40.7 Å². The third-order valence-electron chi connectivity index (χ3n) is 5.04. The van der Waals surface area contributed by atoms with Crippen molar-refractivity contribution in [3.8, 4) is 0 Å². The van der Waals surface area contributed by atoms with Gasteiger partial charge in [0, 0.05) is 24.3 Å². The largest absolute Gasteiger partial charge is 0.434 e. The molecule has 1 atom stereocenters. The van der Waals surface area contributed by atoms with Crippen molar-refractivity contribution in [2.75, 3.05) is 18.4 Å². The van der Waals surface area contributed by atoms with Gasteiger partial charge in [-0.25, -0.2) is 13.2 Å². The van der Waals surface area contributed by atoms with Crippen LogP contribution in [0.1, 0.15) is 47.8 Å². The van der Waals surface area contributed by atoms with E-state index in [4.69, 9.17) is 4.74 Å². The zero-order valence-corrected chi connectivity index (χ0v) is 15.7. The van der Waals surface area contributed by atoms with E-state index in [2.05, 4.69) is 5.32 Å². The molecule has 1 unspecified atom stereocenters. The van der Waals surface area contributed by atoms with Gasteiger partial charge in [-0.1, -0.05) is 31.0 Å². The van der Waals surface area contributed by atoms with Crippen LogP contribution in [0.5, 0.6) is 0 Å². The number of carbonyl (C=O) groups is 1. The van der Waals surface area contributed by atoms with E-state index in [1.165, 1.54) is 0 Å². The molecule has 4 rings (SSSR count). The van der Waals surface area contributed by atoms with E-state index < -0.39 is 16.3 Å². The number of ether oxygens (including phenoxy) is 1. The Labute approximate surface area is 159 Å². The number of anilines is 1. The molecule has 0 spiro atoms. The number of cyclic esters (lactones) is 1. The van der Waals surface area contributed by atoms with Crippen LogP contribution in [0.3, 0.4) is 0 Å². The summed E-state index contributed by atoms with van der Waals surface area (Å²) >= 11 is 0. The Morgan fingerprint density at radius 2 is 1.59 bits per heavy atom. The summed E-state index contributed by atoms with van der Waals surface area (Å²) in [5, 5.41) is 3.14. The van der Waals surface area contributed by atoms with E-state index in [0.29, 0.717) is 29.2 Å². The van der Waals surface area contributed by atoms with Gasteiger partial charge in [-0.05, 0) is 43.2 Å². The van der Waals surface area contributed by atoms with Crippen LogP contribution >= 0.6 is 0 Å². The lowest BCUT2D eigenvalue weighted by Crippen LogP contribution is -2.31. The zero-order valence-electron chi connectivity index (χ0n) is 14.9. The Hall–Kier alpha value is -2.38. The molecular weight excluding hydrogens is 364 g/mol. The van der Waals surface area contributed by atoms with Crippen molar-refractivity contribution in [1.29, 1.82) is 0 Å². The first-order valence-corrected chi connectivity index (χ1v) is 10.7. The van der Waals surface area contributed by atoms with Crippen molar-refractivity contribution >= 4 is 21.7 Å². The number of sulfonamides is 1. The maximum atomic E-state index is 12.8. The molecule has 0 aliphatic carbocycles. The zero-order chi connectivity index (χ0) is 18.9. The highest BCUT2D eigenvalue weighted by Gasteiger charge is 2.30. The summed E-state index contributed by atoms with van der Waals surface area (Å²) in [6.07, 6.45) is 3.41. The highest BCUT2D eigenvalue weighted by Crippen LogP contribution is 2.31. The second-order valence-corrected chi connectivity index (χ2v) is 8.80. The van der Waals surface area contributed by atoms with Crippen molar-refractivity contribution in [3.05, 3.63) is 59.7 Å². The molecule has 2 aromatic carbocycles. The lowest BCUT2D eigenvalue weighted by molar-refractivity contribution is 0.0437. The molecule has 1 N–H and O–H groups in total. The van der Waals surface area contributed by atoms with Crippen LogP contribution in [0.15, 0.2) is 53.4 Å². The van der Waals surface area contributed by atoms with E-state index in [1.807, 2.05) is 12.1 Å². The molecule has 2 aliphatic rings. The van der Waals surface area contributed by atoms with Gasteiger partial charge in [-0.15, -0.1) is 0 Å². The molecule has 1 saturated heterocycles. The normalized spacial score (nSPS) is 20.6. The van der Waals surface area contributed by atoms with Crippen LogP contribution in [0.4, 0.5) is 5.69 Å². The molecule has 1 fully saturated rings. The molecule has 2 aliphatic heterocycles. The Balaban J connectivity index is 1.50. The van der Waals surface area contributed by atoms with Crippen molar-refractivity contribution in [2.24, 2.45) is 0 Å². The molecule has 2 heterocycles. The maximum absolute atomic E-state index is 12.8. The van der Waals surface area contributed by atoms with Crippen LogP contribution in [0, 0.1) is 0 Å². The van der Waals surface area contributed by atoms with Crippen LogP contribution in [0.25, 0.3) is 0 Å². The van der Waals surface area contributed by atoms with Gasteiger partial charge >= 0.3 is 5.97 Å². The molecule has 0 aromatic heterocycles. The molecule has 0 radical (unpaired) electrons. The number of esters is 1. The third-order valence-corrected chi connectivity index (χ3v) is 6.96. The number of carbonyl (C=O) groups excluding carboxylic acids is 1. The summed E-state index contributed by atoms with van der Waals surface area (Å²) in [6, 6.07) is 13.8. The topological polar surface area (TPSA) is 75.7 Å². The minimum absolute atomic E-state index is 0.291. The Kier molecular flexibility index (Phi) is 4.88. The van der Waals surface area contributed by atoms with E-state index in [0.717, 1.165) is 31.2 Å². The van der Waals surface area contributed by atoms with Crippen molar-refractivity contribution in [3.63, 3.8) is 0 Å². The fourth-order valence-corrected chi connectivity index (χ4v) is 5.08. The maximum Gasteiger partial charge on any atom is 0.340 e. The van der Waals surface area contributed by atoms with Crippen LogP contribution < -0.4 is 5.32 Å². The highest BCUT2D eigenvalue weighted by atomic mass is 32.2.